The first kappa shape index (κ1) is 15.6. The topological polar surface area (TPSA) is 81.1 Å². The van der Waals surface area contributed by atoms with Gasteiger partial charge in [-0.1, -0.05) is 40.9 Å². The number of fused-ring (bicyclic) bond motifs is 1. The molecule has 5 N–H and O–H groups in total. The molecular weight excluding hydrogens is 342 g/mol. The van der Waals surface area contributed by atoms with Gasteiger partial charge in [0.15, 0.2) is 0 Å². The Balaban J connectivity index is 1.85. The minimum Gasteiger partial charge on any atom is -0.398 e. The Morgan fingerprint density at radius 1 is 1.18 bits per heavy atom. The summed E-state index contributed by atoms with van der Waals surface area (Å²) in [5.41, 5.74) is 15.8. The van der Waals surface area contributed by atoms with Gasteiger partial charge in [-0.25, -0.2) is 0 Å². The number of anilines is 1. The average molecular weight is 364 g/mol. The van der Waals surface area contributed by atoms with Crippen LogP contribution in [0, 0.1) is 0 Å². The lowest BCUT2D eigenvalue weighted by Gasteiger charge is -2.29. The van der Waals surface area contributed by atoms with Crippen molar-refractivity contribution in [2.45, 2.75) is 50.6 Å². The summed E-state index contributed by atoms with van der Waals surface area (Å²) in [7, 11) is 0. The lowest BCUT2D eigenvalue weighted by atomic mass is 9.90. The minimum absolute atomic E-state index is 0.0444. The summed E-state index contributed by atoms with van der Waals surface area (Å²) in [6.07, 6.45) is 10.1. The van der Waals surface area contributed by atoms with Crippen molar-refractivity contribution in [3.8, 4) is 0 Å². The number of carbonyl (C=O) groups is 1. The van der Waals surface area contributed by atoms with Crippen molar-refractivity contribution < 1.29 is 4.79 Å². The molecule has 5 heteroatoms. The molecule has 0 bridgehead atoms. The third-order valence-electron chi connectivity index (χ3n) is 4.73. The summed E-state index contributed by atoms with van der Waals surface area (Å²) in [6.45, 7) is 0. The highest BCUT2D eigenvalue weighted by molar-refractivity contribution is 9.10. The fraction of sp³-hybridized carbons (Fsp3) is 0.471. The summed E-state index contributed by atoms with van der Waals surface area (Å²) >= 11 is 3.58. The zero-order valence-electron chi connectivity index (χ0n) is 12.6. The molecule has 0 aliphatic heterocycles. The van der Waals surface area contributed by atoms with E-state index in [4.69, 9.17) is 11.5 Å². The van der Waals surface area contributed by atoms with E-state index in [1.807, 2.05) is 6.07 Å². The lowest BCUT2D eigenvalue weighted by Crippen LogP contribution is -2.49. The van der Waals surface area contributed by atoms with E-state index in [-0.39, 0.29) is 18.0 Å². The van der Waals surface area contributed by atoms with E-state index >= 15 is 0 Å². The van der Waals surface area contributed by atoms with Crippen LogP contribution in [0.1, 0.15) is 47.2 Å². The summed E-state index contributed by atoms with van der Waals surface area (Å²) in [5.74, 6) is -0.113. The van der Waals surface area contributed by atoms with Gasteiger partial charge in [-0.3, -0.25) is 4.79 Å². The van der Waals surface area contributed by atoms with E-state index in [0.29, 0.717) is 11.3 Å². The number of hydrogen-bond acceptors (Lipinski definition) is 3. The maximum absolute atomic E-state index is 12.6. The van der Waals surface area contributed by atoms with Crippen molar-refractivity contribution in [2.24, 2.45) is 5.73 Å². The van der Waals surface area contributed by atoms with Crippen molar-refractivity contribution in [3.05, 3.63) is 39.4 Å². The van der Waals surface area contributed by atoms with Crippen LogP contribution in [-0.2, 0) is 12.8 Å². The fourth-order valence-corrected chi connectivity index (χ4v) is 4.02. The molecule has 118 valence electrons. The van der Waals surface area contributed by atoms with Crippen LogP contribution in [0.5, 0.6) is 0 Å². The van der Waals surface area contributed by atoms with E-state index < -0.39 is 0 Å². The third kappa shape index (κ3) is 2.92. The fourth-order valence-electron chi connectivity index (χ4n) is 3.39. The number of nitrogens with one attached hydrogen (secondary N) is 1. The van der Waals surface area contributed by atoms with E-state index in [0.717, 1.165) is 48.6 Å². The molecule has 0 radical (unpaired) electrons. The first-order valence-corrected chi connectivity index (χ1v) is 8.68. The Hall–Kier alpha value is -1.33. The van der Waals surface area contributed by atoms with Gasteiger partial charge >= 0.3 is 0 Å². The molecule has 2 aliphatic rings. The van der Waals surface area contributed by atoms with Crippen molar-refractivity contribution in [1.29, 1.82) is 0 Å². The standard InChI is InChI=1S/C17H22BrN3O/c18-13-9-12(16(20)11-6-2-1-5-10(11)13)17(22)21-15-8-4-3-7-14(15)19/h1-2,9,14-15H,3-8,19-20H2,(H,21,22). The summed E-state index contributed by atoms with van der Waals surface area (Å²) in [5, 5.41) is 3.08. The molecule has 0 aromatic heterocycles. The zero-order valence-corrected chi connectivity index (χ0v) is 14.2. The number of nitrogens with two attached hydrogens (primary N) is 2. The number of hydrogen-bond donors (Lipinski definition) is 3. The average Bonchev–Trinajstić information content (AvgIpc) is 2.53. The maximum atomic E-state index is 12.6. The molecule has 22 heavy (non-hydrogen) atoms. The van der Waals surface area contributed by atoms with Crippen LogP contribution in [0.15, 0.2) is 22.7 Å². The quantitative estimate of drug-likeness (QED) is 0.558. The first-order chi connectivity index (χ1) is 10.6. The molecule has 1 saturated carbocycles. The summed E-state index contributed by atoms with van der Waals surface area (Å²) in [6, 6.07) is 1.94. The third-order valence-corrected chi connectivity index (χ3v) is 5.44. The number of nitrogen functional groups attached to an aromatic ring is 1. The van der Waals surface area contributed by atoms with Crippen LogP contribution >= 0.6 is 15.9 Å². The summed E-state index contributed by atoms with van der Waals surface area (Å²) < 4.78 is 0.958. The van der Waals surface area contributed by atoms with Crippen LogP contribution in [-0.4, -0.2) is 18.0 Å². The smallest absolute Gasteiger partial charge is 0.253 e. The molecule has 1 fully saturated rings. The molecule has 2 atom stereocenters. The molecular formula is C17H22BrN3O. The monoisotopic (exact) mass is 363 g/mol. The van der Waals surface area contributed by atoms with Crippen LogP contribution in [0.4, 0.5) is 5.69 Å². The predicted octanol–water partition coefficient (Wildman–Crippen LogP) is 2.69. The molecule has 2 aliphatic carbocycles. The van der Waals surface area contributed by atoms with Gasteiger partial charge in [0.2, 0.25) is 0 Å². The summed E-state index contributed by atoms with van der Waals surface area (Å²) in [4.78, 5) is 12.6. The molecule has 0 spiro atoms. The predicted molar refractivity (Wildman–Crippen MR) is 92.8 cm³/mol. The van der Waals surface area contributed by atoms with E-state index in [1.54, 1.807) is 0 Å². The Labute approximate surface area is 139 Å². The second-order valence-electron chi connectivity index (χ2n) is 6.18. The highest BCUT2D eigenvalue weighted by Crippen LogP contribution is 2.33. The van der Waals surface area contributed by atoms with Crippen molar-refractivity contribution in [1.82, 2.24) is 5.32 Å². The van der Waals surface area contributed by atoms with Crippen LogP contribution in [0.3, 0.4) is 0 Å². The van der Waals surface area contributed by atoms with Gasteiger partial charge in [0.05, 0.1) is 5.56 Å². The van der Waals surface area contributed by atoms with Crippen LogP contribution in [0.25, 0.3) is 0 Å². The number of amides is 1. The van der Waals surface area contributed by atoms with E-state index in [9.17, 15) is 4.79 Å². The Morgan fingerprint density at radius 3 is 2.59 bits per heavy atom. The van der Waals surface area contributed by atoms with E-state index in [1.165, 1.54) is 5.56 Å². The van der Waals surface area contributed by atoms with Gasteiger partial charge in [-0.05, 0) is 42.9 Å². The van der Waals surface area contributed by atoms with Crippen molar-refractivity contribution in [2.75, 3.05) is 5.73 Å². The number of rotatable bonds is 2. The van der Waals surface area contributed by atoms with Gasteiger partial charge < -0.3 is 16.8 Å². The molecule has 2 unspecified atom stereocenters. The first-order valence-electron chi connectivity index (χ1n) is 7.89. The second-order valence-corrected chi connectivity index (χ2v) is 7.04. The molecule has 1 amide bonds. The van der Waals surface area contributed by atoms with Gasteiger partial charge in [0.1, 0.15) is 0 Å². The minimum atomic E-state index is -0.113. The van der Waals surface area contributed by atoms with Crippen molar-refractivity contribution in [3.63, 3.8) is 0 Å². The van der Waals surface area contributed by atoms with E-state index in [2.05, 4.69) is 33.4 Å². The molecule has 3 rings (SSSR count). The lowest BCUT2D eigenvalue weighted by molar-refractivity contribution is 0.0922. The van der Waals surface area contributed by atoms with Gasteiger partial charge in [0, 0.05) is 22.2 Å². The van der Waals surface area contributed by atoms with Crippen LogP contribution in [0.2, 0.25) is 0 Å². The van der Waals surface area contributed by atoms with Gasteiger partial charge in [-0.2, -0.15) is 0 Å². The van der Waals surface area contributed by atoms with Gasteiger partial charge in [0.25, 0.3) is 5.91 Å². The molecule has 1 aromatic carbocycles. The number of benzene rings is 1. The Morgan fingerprint density at radius 2 is 1.86 bits per heavy atom. The highest BCUT2D eigenvalue weighted by atomic mass is 79.9. The second kappa shape index (κ2) is 6.42. The maximum Gasteiger partial charge on any atom is 0.253 e. The molecule has 1 aromatic rings. The Kier molecular flexibility index (Phi) is 4.54. The highest BCUT2D eigenvalue weighted by Gasteiger charge is 2.26. The zero-order chi connectivity index (χ0) is 15.7. The molecule has 4 nitrogen and oxygen atoms in total. The number of halogens is 1. The molecule has 0 saturated heterocycles. The number of allylic oxidation sites excluding steroid dienone is 2. The van der Waals surface area contributed by atoms with Crippen molar-refractivity contribution >= 4 is 27.5 Å². The van der Waals surface area contributed by atoms with Crippen LogP contribution < -0.4 is 16.8 Å². The normalized spacial score (nSPS) is 23.9. The largest absolute Gasteiger partial charge is 0.398 e. The van der Waals surface area contributed by atoms with Gasteiger partial charge in [-0.15, -0.1) is 0 Å². The SMILES string of the molecule is Nc1c(C(=O)NC2CCCCC2N)cc(Br)c2c1CC=CC2. The number of carbonyl (C=O) groups excluding carboxylic acids is 1. The Bertz CT molecular complexity index is 627. The molecule has 0 heterocycles.